The Morgan fingerprint density at radius 1 is 1.19 bits per heavy atom. The molecule has 0 spiro atoms. The highest BCUT2D eigenvalue weighted by molar-refractivity contribution is 7.89. The van der Waals surface area contributed by atoms with Gasteiger partial charge in [0.25, 0.3) is 0 Å². The molecular weight excluding hydrogens is 335 g/mol. The Balaban J connectivity index is 1.93. The van der Waals surface area contributed by atoms with Gasteiger partial charge in [-0.15, -0.1) is 0 Å². The predicted octanol–water partition coefficient (Wildman–Crippen LogP) is 2.75. The molecule has 0 radical (unpaired) electrons. The van der Waals surface area contributed by atoms with E-state index in [9.17, 15) is 13.2 Å². The number of carbonyl (C=O) groups excluding carboxylic acids is 1. The van der Waals surface area contributed by atoms with Crippen LogP contribution >= 0.6 is 23.2 Å². The smallest absolute Gasteiger partial charge is 0.225 e. The number of rotatable bonds is 5. The number of anilines is 1. The minimum atomic E-state index is -3.36. The molecule has 1 N–H and O–H groups in total. The van der Waals surface area contributed by atoms with Crippen LogP contribution in [0.15, 0.2) is 18.2 Å². The molecule has 1 saturated heterocycles. The van der Waals surface area contributed by atoms with Crippen molar-refractivity contribution >= 4 is 44.8 Å². The van der Waals surface area contributed by atoms with Gasteiger partial charge in [-0.25, -0.2) is 12.7 Å². The zero-order chi connectivity index (χ0) is 15.5. The zero-order valence-corrected chi connectivity index (χ0v) is 13.6. The first-order valence-corrected chi connectivity index (χ1v) is 8.98. The SMILES string of the molecule is O=C(CCS(=O)(=O)N1CCCC1)Nc1c(Cl)cccc1Cl. The Morgan fingerprint density at radius 3 is 2.33 bits per heavy atom. The number of benzene rings is 1. The van der Waals surface area contributed by atoms with Crippen molar-refractivity contribution in [3.05, 3.63) is 28.2 Å². The van der Waals surface area contributed by atoms with Crippen LogP contribution in [0.1, 0.15) is 19.3 Å². The molecule has 116 valence electrons. The molecule has 21 heavy (non-hydrogen) atoms. The largest absolute Gasteiger partial charge is 0.324 e. The predicted molar refractivity (Wildman–Crippen MR) is 84.3 cm³/mol. The lowest BCUT2D eigenvalue weighted by atomic mass is 10.3. The molecule has 2 rings (SSSR count). The minimum absolute atomic E-state index is 0.125. The van der Waals surface area contributed by atoms with Crippen molar-refractivity contribution in [2.24, 2.45) is 0 Å². The van der Waals surface area contributed by atoms with Gasteiger partial charge in [0.05, 0.1) is 21.5 Å². The summed E-state index contributed by atoms with van der Waals surface area (Å²) in [6.07, 6.45) is 1.63. The topological polar surface area (TPSA) is 66.5 Å². The van der Waals surface area contributed by atoms with Crippen LogP contribution in [0, 0.1) is 0 Å². The lowest BCUT2D eigenvalue weighted by molar-refractivity contribution is -0.115. The molecule has 1 heterocycles. The summed E-state index contributed by atoms with van der Waals surface area (Å²) >= 11 is 11.9. The molecule has 1 aromatic rings. The van der Waals surface area contributed by atoms with Crippen LogP contribution in [-0.4, -0.2) is 37.5 Å². The first-order chi connectivity index (χ1) is 9.90. The van der Waals surface area contributed by atoms with E-state index >= 15 is 0 Å². The molecule has 1 amide bonds. The third kappa shape index (κ3) is 4.32. The van der Waals surface area contributed by atoms with E-state index in [1.54, 1.807) is 18.2 Å². The number of hydrogen-bond donors (Lipinski definition) is 1. The molecule has 0 saturated carbocycles. The molecule has 0 bridgehead atoms. The van der Waals surface area contributed by atoms with E-state index in [0.717, 1.165) is 12.8 Å². The highest BCUT2D eigenvalue weighted by Gasteiger charge is 2.25. The monoisotopic (exact) mass is 350 g/mol. The molecular formula is C13H16Cl2N2O3S. The fourth-order valence-corrected chi connectivity index (χ4v) is 4.14. The highest BCUT2D eigenvalue weighted by atomic mass is 35.5. The van der Waals surface area contributed by atoms with Gasteiger partial charge >= 0.3 is 0 Å². The maximum absolute atomic E-state index is 12.0. The number of halogens is 2. The van der Waals surface area contributed by atoms with Crippen LogP contribution in [0.25, 0.3) is 0 Å². The van der Waals surface area contributed by atoms with Crippen LogP contribution in [0.3, 0.4) is 0 Å². The van der Waals surface area contributed by atoms with Crippen molar-refractivity contribution in [3.63, 3.8) is 0 Å². The van der Waals surface area contributed by atoms with E-state index < -0.39 is 15.9 Å². The number of carbonyl (C=O) groups is 1. The van der Waals surface area contributed by atoms with E-state index in [4.69, 9.17) is 23.2 Å². The van der Waals surface area contributed by atoms with Gasteiger partial charge in [0.2, 0.25) is 15.9 Å². The van der Waals surface area contributed by atoms with Crippen molar-refractivity contribution in [3.8, 4) is 0 Å². The summed E-state index contributed by atoms with van der Waals surface area (Å²) in [6.45, 7) is 1.08. The first-order valence-electron chi connectivity index (χ1n) is 6.62. The van der Waals surface area contributed by atoms with Gasteiger partial charge in [-0.05, 0) is 25.0 Å². The summed E-state index contributed by atoms with van der Waals surface area (Å²) < 4.78 is 25.5. The summed E-state index contributed by atoms with van der Waals surface area (Å²) in [5.41, 5.74) is 0.310. The van der Waals surface area contributed by atoms with Crippen LogP contribution in [0.2, 0.25) is 10.0 Å². The Hall–Kier alpha value is -0.820. The summed E-state index contributed by atoms with van der Waals surface area (Å²) in [5.74, 6) is -0.631. The molecule has 0 unspecified atom stereocenters. The molecule has 1 aliphatic rings. The van der Waals surface area contributed by atoms with Gasteiger partial charge in [-0.2, -0.15) is 0 Å². The maximum atomic E-state index is 12.0. The molecule has 0 aromatic heterocycles. The van der Waals surface area contributed by atoms with Crippen molar-refractivity contribution in [2.75, 3.05) is 24.2 Å². The number of sulfonamides is 1. The second kappa shape index (κ2) is 6.96. The Labute approximate surface area is 134 Å². The van der Waals surface area contributed by atoms with E-state index in [1.165, 1.54) is 4.31 Å². The number of amides is 1. The second-order valence-corrected chi connectivity index (χ2v) is 7.72. The number of nitrogens with zero attached hydrogens (tertiary/aromatic N) is 1. The van der Waals surface area contributed by atoms with E-state index in [2.05, 4.69) is 5.32 Å². The van der Waals surface area contributed by atoms with Crippen molar-refractivity contribution in [2.45, 2.75) is 19.3 Å². The standard InChI is InChI=1S/C13H16Cl2N2O3S/c14-10-4-3-5-11(15)13(10)16-12(18)6-9-21(19,20)17-7-1-2-8-17/h3-5H,1-2,6-9H2,(H,16,18). The number of hydrogen-bond acceptors (Lipinski definition) is 3. The number of para-hydroxylation sites is 1. The second-order valence-electron chi connectivity index (χ2n) is 4.82. The molecule has 1 fully saturated rings. The van der Waals surface area contributed by atoms with Crippen molar-refractivity contribution in [1.29, 1.82) is 0 Å². The maximum Gasteiger partial charge on any atom is 0.225 e. The first kappa shape index (κ1) is 16.5. The van der Waals surface area contributed by atoms with Crippen LogP contribution in [-0.2, 0) is 14.8 Å². The number of nitrogens with one attached hydrogen (secondary N) is 1. The molecule has 8 heteroatoms. The molecule has 1 aliphatic heterocycles. The quantitative estimate of drug-likeness (QED) is 0.887. The van der Waals surface area contributed by atoms with Gasteiger partial charge in [-0.3, -0.25) is 4.79 Å². The van der Waals surface area contributed by atoms with Gasteiger partial charge in [-0.1, -0.05) is 29.3 Å². The van der Waals surface area contributed by atoms with Crippen LogP contribution in [0.4, 0.5) is 5.69 Å². The van der Waals surface area contributed by atoms with E-state index in [1.807, 2.05) is 0 Å². The highest BCUT2D eigenvalue weighted by Crippen LogP contribution is 2.29. The van der Waals surface area contributed by atoms with E-state index in [0.29, 0.717) is 28.8 Å². The average molecular weight is 351 g/mol. The fourth-order valence-electron chi connectivity index (χ4n) is 2.14. The van der Waals surface area contributed by atoms with Crippen LogP contribution in [0.5, 0.6) is 0 Å². The molecule has 5 nitrogen and oxygen atoms in total. The molecule has 0 atom stereocenters. The van der Waals surface area contributed by atoms with Crippen LogP contribution < -0.4 is 5.32 Å². The normalized spacial score (nSPS) is 16.1. The average Bonchev–Trinajstić information content (AvgIpc) is 2.96. The summed E-state index contributed by atoms with van der Waals surface area (Å²) in [6, 6.07) is 4.87. The Morgan fingerprint density at radius 2 is 1.76 bits per heavy atom. The summed E-state index contributed by atoms with van der Waals surface area (Å²) in [7, 11) is -3.36. The van der Waals surface area contributed by atoms with Crippen molar-refractivity contribution < 1.29 is 13.2 Å². The molecule has 1 aromatic carbocycles. The Kier molecular flexibility index (Phi) is 5.48. The fraction of sp³-hybridized carbons (Fsp3) is 0.462. The lowest BCUT2D eigenvalue weighted by Gasteiger charge is -2.15. The Bertz CT molecular complexity index is 608. The third-order valence-electron chi connectivity index (χ3n) is 3.27. The molecule has 0 aliphatic carbocycles. The van der Waals surface area contributed by atoms with Gasteiger partial charge in [0.15, 0.2) is 0 Å². The minimum Gasteiger partial charge on any atom is -0.324 e. The van der Waals surface area contributed by atoms with Gasteiger partial charge < -0.3 is 5.32 Å². The van der Waals surface area contributed by atoms with Gasteiger partial charge in [0.1, 0.15) is 0 Å². The van der Waals surface area contributed by atoms with Crippen molar-refractivity contribution in [1.82, 2.24) is 4.31 Å². The summed E-state index contributed by atoms with van der Waals surface area (Å²) in [4.78, 5) is 11.9. The summed E-state index contributed by atoms with van der Waals surface area (Å²) in [5, 5.41) is 3.19. The zero-order valence-electron chi connectivity index (χ0n) is 11.3. The van der Waals surface area contributed by atoms with E-state index in [-0.39, 0.29) is 12.2 Å². The third-order valence-corrected chi connectivity index (χ3v) is 5.77. The van der Waals surface area contributed by atoms with Gasteiger partial charge in [0, 0.05) is 19.5 Å². The lowest BCUT2D eigenvalue weighted by Crippen LogP contribution is -2.31.